The maximum Gasteiger partial charge on any atom is 0.257 e. The highest BCUT2D eigenvalue weighted by Crippen LogP contribution is 2.32. The lowest BCUT2D eigenvalue weighted by atomic mass is 10.1. The van der Waals surface area contributed by atoms with Crippen molar-refractivity contribution in [3.63, 3.8) is 0 Å². The highest BCUT2D eigenvalue weighted by atomic mass is 35.5. The van der Waals surface area contributed by atoms with Crippen LogP contribution >= 0.6 is 24.0 Å². The van der Waals surface area contributed by atoms with E-state index in [1.54, 1.807) is 32.2 Å². The van der Waals surface area contributed by atoms with Crippen LogP contribution in [0.25, 0.3) is 0 Å². The number of nitrogen functional groups attached to an aromatic ring is 1. The summed E-state index contributed by atoms with van der Waals surface area (Å²) >= 11 is 6.07. The minimum absolute atomic E-state index is 0. The number of benzene rings is 2. The van der Waals surface area contributed by atoms with Crippen molar-refractivity contribution >= 4 is 35.6 Å². The summed E-state index contributed by atoms with van der Waals surface area (Å²) in [4.78, 5) is 14.5. The van der Waals surface area contributed by atoms with Crippen molar-refractivity contribution in [3.05, 3.63) is 46.0 Å². The van der Waals surface area contributed by atoms with E-state index in [0.29, 0.717) is 40.1 Å². The third-order valence-electron chi connectivity index (χ3n) is 4.15. The first kappa shape index (κ1) is 22.7. The molecule has 2 aromatic rings. The van der Waals surface area contributed by atoms with Crippen molar-refractivity contribution in [2.24, 2.45) is 0 Å². The van der Waals surface area contributed by atoms with Gasteiger partial charge >= 0.3 is 0 Å². The van der Waals surface area contributed by atoms with Gasteiger partial charge in [-0.15, -0.1) is 12.4 Å². The van der Waals surface area contributed by atoms with Crippen LogP contribution in [0.4, 0.5) is 5.69 Å². The highest BCUT2D eigenvalue weighted by Gasteiger charge is 2.20. The number of nitrogens with zero attached hydrogens (tertiary/aromatic N) is 1. The Balaban J connectivity index is 0.00000364. The summed E-state index contributed by atoms with van der Waals surface area (Å²) in [6.07, 6.45) is 0. The summed E-state index contributed by atoms with van der Waals surface area (Å²) < 4.78 is 15.9. The van der Waals surface area contributed by atoms with Gasteiger partial charge in [-0.05, 0) is 36.2 Å². The monoisotopic (exact) mass is 414 g/mol. The molecule has 2 rings (SSSR count). The van der Waals surface area contributed by atoms with Crippen LogP contribution in [0, 0.1) is 6.92 Å². The Kier molecular flexibility index (Phi) is 8.06. The largest absolute Gasteiger partial charge is 0.496 e. The zero-order valence-electron chi connectivity index (χ0n) is 16.0. The molecule has 2 N–H and O–H groups in total. The molecule has 0 heterocycles. The number of anilines is 1. The van der Waals surface area contributed by atoms with E-state index < -0.39 is 0 Å². The molecule has 0 saturated carbocycles. The van der Waals surface area contributed by atoms with Crippen LogP contribution in [0.3, 0.4) is 0 Å². The lowest BCUT2D eigenvalue weighted by Crippen LogP contribution is -2.27. The van der Waals surface area contributed by atoms with Gasteiger partial charge in [0.2, 0.25) is 0 Å². The second-order valence-electron chi connectivity index (χ2n) is 5.87. The van der Waals surface area contributed by atoms with Gasteiger partial charge in [-0.25, -0.2) is 0 Å². The second kappa shape index (κ2) is 9.58. The molecule has 0 aromatic heterocycles. The number of carbonyl (C=O) groups is 1. The summed E-state index contributed by atoms with van der Waals surface area (Å²) in [5.74, 6) is 1.42. The molecule has 0 spiro atoms. The van der Waals surface area contributed by atoms with E-state index >= 15 is 0 Å². The van der Waals surface area contributed by atoms with E-state index in [-0.39, 0.29) is 18.3 Å². The number of rotatable bonds is 6. The zero-order chi connectivity index (χ0) is 19.4. The van der Waals surface area contributed by atoms with Crippen LogP contribution in [0.1, 0.15) is 21.5 Å². The zero-order valence-corrected chi connectivity index (χ0v) is 17.5. The van der Waals surface area contributed by atoms with Crippen LogP contribution in [0.5, 0.6) is 17.2 Å². The highest BCUT2D eigenvalue weighted by molar-refractivity contribution is 6.33. The molecule has 0 unspecified atom stereocenters. The Bertz CT molecular complexity index is 828. The van der Waals surface area contributed by atoms with Crippen molar-refractivity contribution in [2.75, 3.05) is 34.1 Å². The maximum absolute atomic E-state index is 12.9. The van der Waals surface area contributed by atoms with Gasteiger partial charge in [-0.3, -0.25) is 4.79 Å². The molecule has 148 valence electrons. The summed E-state index contributed by atoms with van der Waals surface area (Å²) in [5.41, 5.74) is 8.43. The van der Waals surface area contributed by atoms with Crippen LogP contribution < -0.4 is 19.9 Å². The molecule has 0 fully saturated rings. The second-order valence-corrected chi connectivity index (χ2v) is 6.28. The molecule has 0 aliphatic heterocycles. The number of halogens is 2. The molecule has 8 heteroatoms. The quantitative estimate of drug-likeness (QED) is 0.724. The molecule has 0 radical (unpaired) electrons. The molecular formula is C19H24Cl2N2O4. The fourth-order valence-corrected chi connectivity index (χ4v) is 2.79. The fourth-order valence-electron chi connectivity index (χ4n) is 2.63. The molecule has 6 nitrogen and oxygen atoms in total. The summed E-state index contributed by atoms with van der Waals surface area (Å²) in [6, 6.07) is 6.82. The number of ether oxygens (including phenoxy) is 3. The predicted octanol–water partition coefficient (Wildman–Crippen LogP) is 3.95. The molecule has 0 atom stereocenters. The van der Waals surface area contributed by atoms with Crippen molar-refractivity contribution in [2.45, 2.75) is 13.5 Å². The topological polar surface area (TPSA) is 74.0 Å². The Hall–Kier alpha value is -2.31. The van der Waals surface area contributed by atoms with Crippen LogP contribution in [-0.2, 0) is 6.54 Å². The predicted molar refractivity (Wildman–Crippen MR) is 110 cm³/mol. The smallest absolute Gasteiger partial charge is 0.257 e. The third-order valence-corrected chi connectivity index (χ3v) is 4.47. The summed E-state index contributed by atoms with van der Waals surface area (Å²) in [5, 5.41) is 0.310. The molecule has 0 aliphatic rings. The SMILES string of the molecule is COc1cc(C)c(CN(C)C(=O)c2cc(Cl)c(N)cc2OC)cc1OC.Cl. The van der Waals surface area contributed by atoms with Crippen molar-refractivity contribution in [3.8, 4) is 17.2 Å². The van der Waals surface area contributed by atoms with Crippen molar-refractivity contribution in [1.82, 2.24) is 4.90 Å². The minimum Gasteiger partial charge on any atom is -0.496 e. The minimum atomic E-state index is -0.224. The van der Waals surface area contributed by atoms with Crippen LogP contribution in [0.2, 0.25) is 5.02 Å². The molecular weight excluding hydrogens is 391 g/mol. The number of aryl methyl sites for hydroxylation is 1. The molecule has 2 aromatic carbocycles. The van der Waals surface area contributed by atoms with Gasteiger partial charge in [0.05, 0.1) is 37.6 Å². The Labute approximate surface area is 170 Å². The first-order valence-corrected chi connectivity index (χ1v) is 8.30. The number of hydrogen-bond acceptors (Lipinski definition) is 5. The number of carbonyl (C=O) groups excluding carboxylic acids is 1. The van der Waals surface area contributed by atoms with Gasteiger partial charge in [0.15, 0.2) is 11.5 Å². The van der Waals surface area contributed by atoms with Gasteiger partial charge in [0, 0.05) is 19.7 Å². The summed E-state index contributed by atoms with van der Waals surface area (Å²) in [7, 11) is 6.36. The average Bonchev–Trinajstić information content (AvgIpc) is 2.63. The first-order valence-electron chi connectivity index (χ1n) is 7.92. The molecule has 27 heavy (non-hydrogen) atoms. The van der Waals surface area contributed by atoms with E-state index in [0.717, 1.165) is 11.1 Å². The molecule has 0 bridgehead atoms. The van der Waals surface area contributed by atoms with E-state index in [1.807, 2.05) is 19.1 Å². The molecule has 0 saturated heterocycles. The standard InChI is InChI=1S/C19H23ClN2O4.ClH/c1-11-6-17(25-4)18(26-5)7-12(11)10-22(2)19(23)13-8-14(20)15(21)9-16(13)24-3;/h6-9H,10,21H2,1-5H3;1H. The Morgan fingerprint density at radius 3 is 2.15 bits per heavy atom. The number of nitrogens with two attached hydrogens (primary N) is 1. The maximum atomic E-state index is 12.9. The van der Waals surface area contributed by atoms with E-state index in [9.17, 15) is 4.79 Å². The van der Waals surface area contributed by atoms with Gasteiger partial charge in [0.1, 0.15) is 5.75 Å². The average molecular weight is 415 g/mol. The Morgan fingerprint density at radius 1 is 1.04 bits per heavy atom. The van der Waals surface area contributed by atoms with Gasteiger partial charge in [-0.2, -0.15) is 0 Å². The normalized spacial score (nSPS) is 10.0. The van der Waals surface area contributed by atoms with E-state index in [4.69, 9.17) is 31.5 Å². The van der Waals surface area contributed by atoms with Crippen molar-refractivity contribution < 1.29 is 19.0 Å². The Morgan fingerprint density at radius 2 is 1.59 bits per heavy atom. The van der Waals surface area contributed by atoms with Gasteiger partial charge in [0.25, 0.3) is 5.91 Å². The lowest BCUT2D eigenvalue weighted by Gasteiger charge is -2.21. The summed E-state index contributed by atoms with van der Waals surface area (Å²) in [6.45, 7) is 2.34. The number of amides is 1. The molecule has 0 aliphatic carbocycles. The molecule has 1 amide bonds. The number of methoxy groups -OCH3 is 3. The number of hydrogen-bond donors (Lipinski definition) is 1. The van der Waals surface area contributed by atoms with E-state index in [2.05, 4.69) is 0 Å². The van der Waals surface area contributed by atoms with E-state index in [1.165, 1.54) is 13.2 Å². The fraction of sp³-hybridized carbons (Fsp3) is 0.316. The van der Waals surface area contributed by atoms with Crippen LogP contribution in [-0.4, -0.2) is 39.2 Å². The third kappa shape index (κ3) is 4.90. The van der Waals surface area contributed by atoms with Gasteiger partial charge < -0.3 is 24.8 Å². The van der Waals surface area contributed by atoms with Crippen LogP contribution in [0.15, 0.2) is 24.3 Å². The van der Waals surface area contributed by atoms with Gasteiger partial charge in [-0.1, -0.05) is 11.6 Å². The first-order chi connectivity index (χ1) is 12.3. The lowest BCUT2D eigenvalue weighted by molar-refractivity contribution is 0.0781. The van der Waals surface area contributed by atoms with Crippen molar-refractivity contribution in [1.29, 1.82) is 0 Å².